The third-order valence-corrected chi connectivity index (χ3v) is 11.2. The molecule has 0 unspecified atom stereocenters. The summed E-state index contributed by atoms with van der Waals surface area (Å²) in [5, 5.41) is 0.0650. The lowest BCUT2D eigenvalue weighted by Crippen LogP contribution is -2.52. The van der Waals surface area contributed by atoms with Crippen molar-refractivity contribution in [2.24, 2.45) is 0 Å². The molecule has 1 amide bonds. The van der Waals surface area contributed by atoms with Gasteiger partial charge in [-0.1, -0.05) is 39.0 Å². The Labute approximate surface area is 206 Å². The van der Waals surface area contributed by atoms with Crippen LogP contribution in [0.1, 0.15) is 78.1 Å². The van der Waals surface area contributed by atoms with E-state index in [2.05, 4.69) is 33.9 Å². The molecule has 1 aromatic rings. The second-order valence-electron chi connectivity index (χ2n) is 11.5. The molecule has 1 aliphatic heterocycles. The predicted octanol–water partition coefficient (Wildman–Crippen LogP) is 6.51. The summed E-state index contributed by atoms with van der Waals surface area (Å²) in [4.78, 5) is 27.1. The Morgan fingerprint density at radius 1 is 1.15 bits per heavy atom. The molecule has 0 aromatic heterocycles. The number of carbonyl (C=O) groups excluding carboxylic acids is 2. The molecule has 0 bridgehead atoms. The van der Waals surface area contributed by atoms with Crippen LogP contribution in [0, 0.1) is 0 Å². The van der Waals surface area contributed by atoms with Crippen molar-refractivity contribution < 1.29 is 23.5 Å². The van der Waals surface area contributed by atoms with Crippen molar-refractivity contribution in [3.8, 4) is 0 Å². The SMILES string of the molecule is CCOC(=O)C=Cc1cccc2c1C[C@H](CO[Si](C)(C)C(C)(C)C)N(C(=O)OC(C)(C)C)[C@H]2C. The van der Waals surface area contributed by atoms with Crippen LogP contribution in [0.2, 0.25) is 18.1 Å². The fraction of sp³-hybridized carbons (Fsp3) is 0.630. The zero-order valence-electron chi connectivity index (χ0n) is 22.7. The summed E-state index contributed by atoms with van der Waals surface area (Å²) in [6.07, 6.45) is 3.56. The molecule has 0 spiro atoms. The van der Waals surface area contributed by atoms with Crippen molar-refractivity contribution in [2.45, 2.75) is 97.6 Å². The van der Waals surface area contributed by atoms with Crippen molar-refractivity contribution in [3.05, 3.63) is 41.0 Å². The number of amides is 1. The Morgan fingerprint density at radius 2 is 1.79 bits per heavy atom. The summed E-state index contributed by atoms with van der Waals surface area (Å²) >= 11 is 0. The van der Waals surface area contributed by atoms with Crippen LogP contribution in [0.15, 0.2) is 24.3 Å². The first-order valence-electron chi connectivity index (χ1n) is 12.2. The van der Waals surface area contributed by atoms with Crippen LogP contribution in [0.25, 0.3) is 6.08 Å². The second kappa shape index (κ2) is 10.6. The fourth-order valence-electron chi connectivity index (χ4n) is 3.84. The van der Waals surface area contributed by atoms with Gasteiger partial charge in [-0.05, 0) is 81.9 Å². The Bertz CT molecular complexity index is 911. The van der Waals surface area contributed by atoms with Gasteiger partial charge in [0.15, 0.2) is 8.32 Å². The van der Waals surface area contributed by atoms with Gasteiger partial charge >= 0.3 is 12.1 Å². The van der Waals surface area contributed by atoms with Crippen LogP contribution in [-0.2, 0) is 25.1 Å². The molecule has 0 radical (unpaired) electrons. The number of fused-ring (bicyclic) bond motifs is 1. The molecule has 34 heavy (non-hydrogen) atoms. The van der Waals surface area contributed by atoms with E-state index < -0.39 is 13.9 Å². The first kappa shape index (κ1) is 28.1. The largest absolute Gasteiger partial charge is 0.463 e. The first-order valence-corrected chi connectivity index (χ1v) is 15.1. The Hall–Kier alpha value is -2.12. The monoisotopic (exact) mass is 489 g/mol. The normalized spacial score (nSPS) is 19.2. The van der Waals surface area contributed by atoms with E-state index in [4.69, 9.17) is 13.9 Å². The average Bonchev–Trinajstić information content (AvgIpc) is 2.69. The molecule has 2 rings (SSSR count). The maximum atomic E-state index is 13.3. The number of carbonyl (C=O) groups is 2. The molecular weight excluding hydrogens is 446 g/mol. The van der Waals surface area contributed by atoms with Gasteiger partial charge in [0.2, 0.25) is 0 Å². The van der Waals surface area contributed by atoms with E-state index in [0.29, 0.717) is 19.6 Å². The van der Waals surface area contributed by atoms with Gasteiger partial charge in [0.25, 0.3) is 0 Å². The topological polar surface area (TPSA) is 65.1 Å². The summed E-state index contributed by atoms with van der Waals surface area (Å²) in [5.74, 6) is -0.364. The van der Waals surface area contributed by atoms with Crippen molar-refractivity contribution in [3.63, 3.8) is 0 Å². The Morgan fingerprint density at radius 3 is 2.35 bits per heavy atom. The predicted molar refractivity (Wildman–Crippen MR) is 139 cm³/mol. The highest BCUT2D eigenvalue weighted by atomic mass is 28.4. The molecule has 1 aliphatic rings. The molecule has 0 N–H and O–H groups in total. The minimum atomic E-state index is -2.02. The van der Waals surface area contributed by atoms with Crippen molar-refractivity contribution in [2.75, 3.05) is 13.2 Å². The van der Waals surface area contributed by atoms with Crippen LogP contribution in [0.4, 0.5) is 4.79 Å². The van der Waals surface area contributed by atoms with Gasteiger partial charge in [-0.3, -0.25) is 4.90 Å². The summed E-state index contributed by atoms with van der Waals surface area (Å²) in [5.41, 5.74) is 2.55. The van der Waals surface area contributed by atoms with Gasteiger partial charge in [-0.2, -0.15) is 0 Å². The molecule has 0 aliphatic carbocycles. The molecule has 6 nitrogen and oxygen atoms in total. The van der Waals surface area contributed by atoms with E-state index in [0.717, 1.165) is 16.7 Å². The summed E-state index contributed by atoms with van der Waals surface area (Å²) < 4.78 is 17.4. The third kappa shape index (κ3) is 6.95. The fourth-order valence-corrected chi connectivity index (χ4v) is 4.88. The van der Waals surface area contributed by atoms with E-state index in [1.54, 1.807) is 13.0 Å². The average molecular weight is 490 g/mol. The number of esters is 1. The maximum Gasteiger partial charge on any atom is 0.411 e. The number of hydrogen-bond donors (Lipinski definition) is 0. The van der Waals surface area contributed by atoms with Gasteiger partial charge in [0.1, 0.15) is 5.60 Å². The van der Waals surface area contributed by atoms with Crippen LogP contribution >= 0.6 is 0 Å². The van der Waals surface area contributed by atoms with Crippen molar-refractivity contribution in [1.29, 1.82) is 0 Å². The van der Waals surface area contributed by atoms with Crippen LogP contribution < -0.4 is 0 Å². The van der Waals surface area contributed by atoms with Gasteiger partial charge in [0, 0.05) is 6.08 Å². The van der Waals surface area contributed by atoms with Crippen LogP contribution in [0.3, 0.4) is 0 Å². The summed E-state index contributed by atoms with van der Waals surface area (Å²) in [6, 6.07) is 5.63. The molecule has 7 heteroatoms. The van der Waals surface area contributed by atoms with Gasteiger partial charge in [-0.25, -0.2) is 9.59 Å². The van der Waals surface area contributed by atoms with Gasteiger partial charge in [0.05, 0.1) is 25.3 Å². The molecule has 190 valence electrons. The smallest absolute Gasteiger partial charge is 0.411 e. The molecule has 0 saturated heterocycles. The first-order chi connectivity index (χ1) is 15.6. The zero-order valence-corrected chi connectivity index (χ0v) is 23.7. The van der Waals surface area contributed by atoms with Crippen molar-refractivity contribution >= 4 is 26.5 Å². The van der Waals surface area contributed by atoms with E-state index in [1.165, 1.54) is 6.08 Å². The van der Waals surface area contributed by atoms with Crippen LogP contribution in [0.5, 0.6) is 0 Å². The second-order valence-corrected chi connectivity index (χ2v) is 16.3. The molecule has 2 atom stereocenters. The Balaban J connectivity index is 2.45. The highest BCUT2D eigenvalue weighted by Crippen LogP contribution is 2.39. The number of benzene rings is 1. The highest BCUT2D eigenvalue weighted by molar-refractivity contribution is 6.74. The molecule has 1 aromatic carbocycles. The van der Waals surface area contributed by atoms with Gasteiger partial charge in [-0.15, -0.1) is 0 Å². The Kier molecular flexibility index (Phi) is 8.81. The number of rotatable bonds is 6. The standard InChI is InChI=1S/C27H43NO5Si/c1-11-31-24(29)16-15-20-13-12-14-22-19(2)28(25(30)33-26(3,4)5)21(17-23(20)22)18-32-34(9,10)27(6,7)8/h12-16,19,21H,11,17-18H2,1-10H3/t19-,21+/m0/s1. The van der Waals surface area contributed by atoms with Crippen LogP contribution in [-0.4, -0.2) is 50.1 Å². The highest BCUT2D eigenvalue weighted by Gasteiger charge is 2.42. The third-order valence-electron chi connectivity index (χ3n) is 6.68. The number of hydrogen-bond acceptors (Lipinski definition) is 5. The molecule has 0 saturated carbocycles. The quantitative estimate of drug-likeness (QED) is 0.259. The lowest BCUT2D eigenvalue weighted by Gasteiger charge is -2.44. The lowest BCUT2D eigenvalue weighted by atomic mass is 9.86. The summed E-state index contributed by atoms with van der Waals surface area (Å²) in [7, 11) is -2.02. The lowest BCUT2D eigenvalue weighted by molar-refractivity contribution is -0.137. The van der Waals surface area contributed by atoms with E-state index in [9.17, 15) is 9.59 Å². The maximum absolute atomic E-state index is 13.3. The minimum Gasteiger partial charge on any atom is -0.463 e. The number of nitrogens with zero attached hydrogens (tertiary/aromatic N) is 1. The van der Waals surface area contributed by atoms with Crippen molar-refractivity contribution in [1.82, 2.24) is 4.90 Å². The van der Waals surface area contributed by atoms with Gasteiger partial charge < -0.3 is 13.9 Å². The summed E-state index contributed by atoms with van der Waals surface area (Å²) in [6.45, 7) is 21.3. The van der Waals surface area contributed by atoms with E-state index >= 15 is 0 Å². The van der Waals surface area contributed by atoms with E-state index in [-0.39, 0.29) is 29.2 Å². The zero-order chi connectivity index (χ0) is 25.9. The molecular formula is C27H43NO5Si. The molecule has 1 heterocycles. The minimum absolute atomic E-state index is 0.0650. The molecule has 0 fully saturated rings. The van der Waals surface area contributed by atoms with E-state index in [1.807, 2.05) is 50.8 Å². The number of ether oxygens (including phenoxy) is 2.